The van der Waals surface area contributed by atoms with E-state index in [2.05, 4.69) is 47.3 Å². The molecule has 0 saturated heterocycles. The number of anilines is 1. The Morgan fingerprint density at radius 2 is 2.00 bits per heavy atom. The molecule has 1 heterocycles. The van der Waals surface area contributed by atoms with Gasteiger partial charge >= 0.3 is 0 Å². The Hall–Kier alpha value is -1.94. The number of nitrogens with one attached hydrogen (secondary N) is 1. The third kappa shape index (κ3) is 4.03. The van der Waals surface area contributed by atoms with E-state index in [9.17, 15) is 0 Å². The monoisotopic (exact) mass is 256 g/mol. The molecule has 1 aromatic heterocycles. The predicted molar refractivity (Wildman–Crippen MR) is 77.8 cm³/mol. The summed E-state index contributed by atoms with van der Waals surface area (Å²) < 4.78 is 0. The molecule has 2 rings (SSSR count). The summed E-state index contributed by atoms with van der Waals surface area (Å²) in [5.41, 5.74) is 9.64. The van der Waals surface area contributed by atoms with Gasteiger partial charge in [0, 0.05) is 6.20 Å². The van der Waals surface area contributed by atoms with E-state index in [1.165, 1.54) is 16.7 Å². The lowest BCUT2D eigenvalue weighted by atomic mass is 10.0. The van der Waals surface area contributed by atoms with Crippen molar-refractivity contribution in [2.24, 2.45) is 0 Å². The van der Waals surface area contributed by atoms with Crippen molar-refractivity contribution in [2.45, 2.75) is 26.8 Å². The van der Waals surface area contributed by atoms with Crippen LogP contribution in [0.5, 0.6) is 0 Å². The molecule has 4 nitrogen and oxygen atoms in total. The van der Waals surface area contributed by atoms with E-state index in [4.69, 9.17) is 5.73 Å². The lowest BCUT2D eigenvalue weighted by molar-refractivity contribution is 0.660. The van der Waals surface area contributed by atoms with E-state index in [1.54, 1.807) is 12.3 Å². The van der Waals surface area contributed by atoms with Crippen LogP contribution in [0.1, 0.15) is 22.5 Å². The van der Waals surface area contributed by atoms with Crippen LogP contribution >= 0.6 is 0 Å². The average molecular weight is 256 g/mol. The summed E-state index contributed by atoms with van der Waals surface area (Å²) in [5, 5.41) is 3.33. The highest BCUT2D eigenvalue weighted by Gasteiger charge is 1.99. The number of rotatable bonds is 5. The molecule has 1 aromatic carbocycles. The minimum absolute atomic E-state index is 0.515. The van der Waals surface area contributed by atoms with Crippen LogP contribution in [0.3, 0.4) is 0 Å². The van der Waals surface area contributed by atoms with Crippen molar-refractivity contribution in [1.82, 2.24) is 15.3 Å². The third-order valence-corrected chi connectivity index (χ3v) is 3.17. The van der Waals surface area contributed by atoms with Gasteiger partial charge in [0.2, 0.25) is 0 Å². The van der Waals surface area contributed by atoms with Gasteiger partial charge in [-0.05, 0) is 49.6 Å². The Bertz CT molecular complexity index is 552. The van der Waals surface area contributed by atoms with Crippen LogP contribution in [0.25, 0.3) is 0 Å². The molecule has 0 aliphatic rings. The highest BCUT2D eigenvalue weighted by molar-refractivity contribution is 5.30. The Labute approximate surface area is 114 Å². The van der Waals surface area contributed by atoms with Gasteiger partial charge in [0.05, 0.1) is 6.54 Å². The van der Waals surface area contributed by atoms with Gasteiger partial charge in [-0.15, -0.1) is 0 Å². The first kappa shape index (κ1) is 13.5. The molecule has 2 aromatic rings. The van der Waals surface area contributed by atoms with E-state index >= 15 is 0 Å². The first-order valence-corrected chi connectivity index (χ1v) is 6.49. The smallest absolute Gasteiger partial charge is 0.144 e. The second-order valence-electron chi connectivity index (χ2n) is 4.74. The van der Waals surface area contributed by atoms with Gasteiger partial charge < -0.3 is 11.1 Å². The molecule has 0 fully saturated rings. The lowest BCUT2D eigenvalue weighted by Gasteiger charge is -2.06. The van der Waals surface area contributed by atoms with Gasteiger partial charge in [-0.25, -0.2) is 9.97 Å². The maximum atomic E-state index is 5.61. The number of aryl methyl sites for hydroxylation is 2. The van der Waals surface area contributed by atoms with Crippen LogP contribution in [0.15, 0.2) is 30.5 Å². The molecular weight excluding hydrogens is 236 g/mol. The molecular formula is C15H20N4. The second kappa shape index (κ2) is 6.29. The number of hydrogen-bond acceptors (Lipinski definition) is 4. The summed E-state index contributed by atoms with van der Waals surface area (Å²) in [6, 6.07) is 8.29. The highest BCUT2D eigenvalue weighted by Crippen LogP contribution is 2.09. The number of nitrogens with zero attached hydrogens (tertiary/aromatic N) is 2. The summed E-state index contributed by atoms with van der Waals surface area (Å²) in [6.45, 7) is 5.83. The SMILES string of the molecule is Cc1ccc(CCNCc2nccc(N)n2)cc1C. The molecule has 0 aliphatic carbocycles. The van der Waals surface area contributed by atoms with Gasteiger partial charge in [0.1, 0.15) is 11.6 Å². The standard InChI is InChI=1S/C15H20N4/c1-11-3-4-13(9-12(11)2)5-7-17-10-15-18-8-6-14(16)19-15/h3-4,6,8-9,17H,5,7,10H2,1-2H3,(H2,16,18,19). The second-order valence-corrected chi connectivity index (χ2v) is 4.74. The van der Waals surface area contributed by atoms with E-state index in [0.29, 0.717) is 12.4 Å². The fourth-order valence-electron chi connectivity index (χ4n) is 1.89. The quantitative estimate of drug-likeness (QED) is 0.803. The molecule has 19 heavy (non-hydrogen) atoms. The van der Waals surface area contributed by atoms with Crippen molar-refractivity contribution in [1.29, 1.82) is 0 Å². The van der Waals surface area contributed by atoms with Crippen LogP contribution in [-0.4, -0.2) is 16.5 Å². The maximum absolute atomic E-state index is 5.61. The molecule has 0 bridgehead atoms. The number of nitrogens with two attached hydrogens (primary N) is 1. The Morgan fingerprint density at radius 1 is 1.16 bits per heavy atom. The summed E-state index contributed by atoms with van der Waals surface area (Å²) >= 11 is 0. The van der Waals surface area contributed by atoms with Gasteiger partial charge in [-0.2, -0.15) is 0 Å². The summed E-state index contributed by atoms with van der Waals surface area (Å²) in [4.78, 5) is 8.30. The van der Waals surface area contributed by atoms with Gasteiger partial charge in [0.25, 0.3) is 0 Å². The zero-order chi connectivity index (χ0) is 13.7. The first-order valence-electron chi connectivity index (χ1n) is 6.49. The average Bonchev–Trinajstić information content (AvgIpc) is 2.39. The molecule has 3 N–H and O–H groups in total. The van der Waals surface area contributed by atoms with Crippen LogP contribution in [0.4, 0.5) is 5.82 Å². The minimum Gasteiger partial charge on any atom is -0.384 e. The topological polar surface area (TPSA) is 63.8 Å². The van der Waals surface area contributed by atoms with Crippen molar-refractivity contribution < 1.29 is 0 Å². The normalized spacial score (nSPS) is 10.6. The number of benzene rings is 1. The number of nitrogen functional groups attached to an aromatic ring is 1. The van der Waals surface area contributed by atoms with E-state index in [1.807, 2.05) is 0 Å². The molecule has 0 saturated carbocycles. The Morgan fingerprint density at radius 3 is 2.74 bits per heavy atom. The lowest BCUT2D eigenvalue weighted by Crippen LogP contribution is -2.18. The fraction of sp³-hybridized carbons (Fsp3) is 0.333. The summed E-state index contributed by atoms with van der Waals surface area (Å²) in [6.07, 6.45) is 2.69. The van der Waals surface area contributed by atoms with E-state index < -0.39 is 0 Å². The predicted octanol–water partition coefficient (Wildman–Crippen LogP) is 2.01. The van der Waals surface area contributed by atoms with Crippen LogP contribution in [0, 0.1) is 13.8 Å². The third-order valence-electron chi connectivity index (χ3n) is 3.17. The summed E-state index contributed by atoms with van der Waals surface area (Å²) in [7, 11) is 0. The molecule has 0 atom stereocenters. The van der Waals surface area contributed by atoms with E-state index in [0.717, 1.165) is 18.8 Å². The molecule has 0 radical (unpaired) electrons. The molecule has 100 valence electrons. The van der Waals surface area contributed by atoms with Crippen LogP contribution in [0.2, 0.25) is 0 Å². The molecule has 0 spiro atoms. The van der Waals surface area contributed by atoms with Crippen molar-refractivity contribution in [3.05, 3.63) is 53.0 Å². The van der Waals surface area contributed by atoms with Gasteiger partial charge in [0.15, 0.2) is 0 Å². The first-order chi connectivity index (χ1) is 9.15. The molecule has 0 aliphatic heterocycles. The van der Waals surface area contributed by atoms with Gasteiger partial charge in [-0.1, -0.05) is 18.2 Å². The Kier molecular flexibility index (Phi) is 4.47. The van der Waals surface area contributed by atoms with Crippen molar-refractivity contribution >= 4 is 5.82 Å². The molecule has 0 amide bonds. The Balaban J connectivity index is 1.79. The highest BCUT2D eigenvalue weighted by atomic mass is 15.0. The number of aromatic nitrogens is 2. The minimum atomic E-state index is 0.515. The summed E-state index contributed by atoms with van der Waals surface area (Å²) in [5.74, 6) is 1.25. The van der Waals surface area contributed by atoms with Crippen molar-refractivity contribution in [2.75, 3.05) is 12.3 Å². The maximum Gasteiger partial charge on any atom is 0.144 e. The van der Waals surface area contributed by atoms with Crippen molar-refractivity contribution in [3.8, 4) is 0 Å². The molecule has 0 unspecified atom stereocenters. The largest absolute Gasteiger partial charge is 0.384 e. The zero-order valence-electron chi connectivity index (χ0n) is 11.5. The number of hydrogen-bond donors (Lipinski definition) is 2. The van der Waals surface area contributed by atoms with Gasteiger partial charge in [-0.3, -0.25) is 0 Å². The van der Waals surface area contributed by atoms with Crippen LogP contribution in [-0.2, 0) is 13.0 Å². The van der Waals surface area contributed by atoms with Crippen LogP contribution < -0.4 is 11.1 Å². The fourth-order valence-corrected chi connectivity index (χ4v) is 1.89. The molecule has 4 heteroatoms. The zero-order valence-corrected chi connectivity index (χ0v) is 11.5. The van der Waals surface area contributed by atoms with Crippen molar-refractivity contribution in [3.63, 3.8) is 0 Å². The van der Waals surface area contributed by atoms with E-state index in [-0.39, 0.29) is 0 Å².